The van der Waals surface area contributed by atoms with Crippen molar-refractivity contribution in [1.82, 2.24) is 25.0 Å². The van der Waals surface area contributed by atoms with Gasteiger partial charge in [0.05, 0.1) is 24.4 Å². The van der Waals surface area contributed by atoms with Gasteiger partial charge < -0.3 is 19.7 Å². The maximum absolute atomic E-state index is 13.8. The molecular weight excluding hydrogens is 494 g/mol. The van der Waals surface area contributed by atoms with Gasteiger partial charge in [-0.3, -0.25) is 19.3 Å². The monoisotopic (exact) mass is 523 g/mol. The zero-order chi connectivity index (χ0) is 26.9. The molecule has 198 valence electrons. The first-order valence-electron chi connectivity index (χ1n) is 13.0. The van der Waals surface area contributed by atoms with Gasteiger partial charge in [-0.15, -0.1) is 0 Å². The van der Waals surface area contributed by atoms with Crippen molar-refractivity contribution >= 4 is 11.8 Å². The lowest BCUT2D eigenvalue weighted by Gasteiger charge is -2.37. The van der Waals surface area contributed by atoms with Gasteiger partial charge in [-0.1, -0.05) is 18.2 Å². The highest BCUT2D eigenvalue weighted by atomic mass is 16.5. The second kappa shape index (κ2) is 10.2. The van der Waals surface area contributed by atoms with Gasteiger partial charge in [-0.05, 0) is 72.9 Å². The third-order valence-electron chi connectivity index (χ3n) is 7.20. The minimum atomic E-state index is -0.315. The van der Waals surface area contributed by atoms with E-state index in [0.717, 1.165) is 22.4 Å². The van der Waals surface area contributed by atoms with Crippen LogP contribution in [0.25, 0.3) is 0 Å². The number of benzene rings is 2. The van der Waals surface area contributed by atoms with Crippen molar-refractivity contribution in [2.75, 3.05) is 19.7 Å². The van der Waals surface area contributed by atoms with Crippen LogP contribution >= 0.6 is 0 Å². The van der Waals surface area contributed by atoms with Gasteiger partial charge in [-0.2, -0.15) is 5.10 Å². The SMILES string of the molecule is Cc1cc(C(=O)N2CCc3cc4ccc3C2c2cccc(c2)OCCCNC(=O)c2cncc(c2)O4)nn1C. The number of pyridine rings is 1. The predicted molar refractivity (Wildman–Crippen MR) is 144 cm³/mol. The molecule has 1 atom stereocenters. The number of hydrogen-bond acceptors (Lipinski definition) is 6. The summed E-state index contributed by atoms with van der Waals surface area (Å²) in [7, 11) is 1.84. The summed E-state index contributed by atoms with van der Waals surface area (Å²) in [5.74, 6) is 1.52. The first-order valence-corrected chi connectivity index (χ1v) is 13.0. The summed E-state index contributed by atoms with van der Waals surface area (Å²) in [6.07, 6.45) is 4.41. The van der Waals surface area contributed by atoms with Crippen LogP contribution in [0.1, 0.15) is 55.7 Å². The molecule has 0 spiro atoms. The van der Waals surface area contributed by atoms with E-state index in [9.17, 15) is 9.59 Å². The summed E-state index contributed by atoms with van der Waals surface area (Å²) in [5, 5.41) is 7.37. The molecule has 0 aliphatic carbocycles. The van der Waals surface area contributed by atoms with Gasteiger partial charge in [0.15, 0.2) is 5.69 Å². The molecule has 0 saturated carbocycles. The standard InChI is InChI=1S/C30H29N5O4/c1-19-13-27(33-34(19)2)30(37)35-11-9-20-14-24-7-8-26(20)28(35)21-5-3-6-23(15-21)38-12-4-10-32-29(36)22-16-25(39-24)18-31-17-22/h3,5-8,13-18,28H,4,9-12H2,1-2H3,(H,32,36). The van der Waals surface area contributed by atoms with Crippen molar-refractivity contribution in [3.05, 3.63) is 101 Å². The number of aryl methyl sites for hydroxylation is 2. The van der Waals surface area contributed by atoms with Crippen molar-refractivity contribution in [3.8, 4) is 17.2 Å². The molecule has 2 aromatic heterocycles. The maximum atomic E-state index is 13.8. The highest BCUT2D eigenvalue weighted by Gasteiger charge is 2.34. The number of fused-ring (bicyclic) bond motifs is 6. The Labute approximate surface area is 226 Å². The molecule has 3 aliphatic rings. The number of ether oxygens (including phenoxy) is 2. The van der Waals surface area contributed by atoms with Crippen molar-refractivity contribution < 1.29 is 19.1 Å². The van der Waals surface area contributed by atoms with E-state index < -0.39 is 0 Å². The van der Waals surface area contributed by atoms with Crippen molar-refractivity contribution in [3.63, 3.8) is 0 Å². The van der Waals surface area contributed by atoms with Crippen LogP contribution in [0.4, 0.5) is 0 Å². The molecule has 7 rings (SSSR count). The number of hydrogen-bond donors (Lipinski definition) is 1. The molecule has 0 radical (unpaired) electrons. The average molecular weight is 524 g/mol. The molecule has 2 amide bonds. The summed E-state index contributed by atoms with van der Waals surface area (Å²) in [5.41, 5.74) is 4.85. The van der Waals surface area contributed by atoms with Crippen LogP contribution in [0.15, 0.2) is 67.0 Å². The molecule has 3 aliphatic heterocycles. The van der Waals surface area contributed by atoms with Crippen LogP contribution in [0, 0.1) is 6.92 Å². The van der Waals surface area contributed by atoms with Gasteiger partial charge in [0.1, 0.15) is 17.2 Å². The number of carbonyl (C=O) groups excluding carboxylic acids is 2. The van der Waals surface area contributed by atoms with E-state index in [1.54, 1.807) is 16.9 Å². The molecule has 1 N–H and O–H groups in total. The minimum Gasteiger partial charge on any atom is -0.494 e. The average Bonchev–Trinajstić information content (AvgIpc) is 3.29. The van der Waals surface area contributed by atoms with Gasteiger partial charge >= 0.3 is 0 Å². The number of amides is 2. The van der Waals surface area contributed by atoms with E-state index >= 15 is 0 Å². The predicted octanol–water partition coefficient (Wildman–Crippen LogP) is 4.22. The van der Waals surface area contributed by atoms with Gasteiger partial charge in [-0.25, -0.2) is 0 Å². The smallest absolute Gasteiger partial charge is 0.275 e. The quantitative estimate of drug-likeness (QED) is 0.401. The first-order chi connectivity index (χ1) is 19.0. The van der Waals surface area contributed by atoms with Crippen LogP contribution in [0.5, 0.6) is 17.2 Å². The lowest BCUT2D eigenvalue weighted by atomic mass is 9.87. The Bertz CT molecular complexity index is 1540. The Morgan fingerprint density at radius 3 is 2.79 bits per heavy atom. The Morgan fingerprint density at radius 1 is 1.05 bits per heavy atom. The molecule has 5 heterocycles. The van der Waals surface area contributed by atoms with Crippen molar-refractivity contribution in [2.24, 2.45) is 7.05 Å². The fraction of sp³-hybridized carbons (Fsp3) is 0.267. The van der Waals surface area contributed by atoms with E-state index in [1.165, 1.54) is 6.20 Å². The van der Waals surface area contributed by atoms with E-state index in [2.05, 4.69) is 15.4 Å². The number of nitrogens with zero attached hydrogens (tertiary/aromatic N) is 4. The summed E-state index contributed by atoms with van der Waals surface area (Å²) in [4.78, 5) is 32.5. The van der Waals surface area contributed by atoms with Crippen LogP contribution < -0.4 is 14.8 Å². The molecule has 0 saturated heterocycles. The normalized spacial score (nSPS) is 16.9. The molecule has 4 aromatic rings. The highest BCUT2D eigenvalue weighted by Crippen LogP contribution is 2.39. The van der Waals surface area contributed by atoms with Gasteiger partial charge in [0.2, 0.25) is 0 Å². The minimum absolute atomic E-state index is 0.109. The summed E-state index contributed by atoms with van der Waals surface area (Å²) in [6, 6.07) is 17.0. The maximum Gasteiger partial charge on any atom is 0.275 e. The second-order valence-electron chi connectivity index (χ2n) is 9.85. The molecule has 9 nitrogen and oxygen atoms in total. The number of carbonyl (C=O) groups is 2. The first kappa shape index (κ1) is 24.7. The highest BCUT2D eigenvalue weighted by molar-refractivity contribution is 5.94. The Kier molecular flexibility index (Phi) is 6.48. The topological polar surface area (TPSA) is 98.6 Å². The molecule has 8 bridgehead atoms. The van der Waals surface area contributed by atoms with Crippen molar-refractivity contribution in [1.29, 1.82) is 0 Å². The fourth-order valence-electron chi connectivity index (χ4n) is 5.13. The van der Waals surface area contributed by atoms with Gasteiger partial charge in [0, 0.05) is 32.0 Å². The van der Waals surface area contributed by atoms with E-state index in [-0.39, 0.29) is 17.9 Å². The molecule has 39 heavy (non-hydrogen) atoms. The largest absolute Gasteiger partial charge is 0.494 e. The summed E-state index contributed by atoms with van der Waals surface area (Å²) >= 11 is 0. The van der Waals surface area contributed by atoms with Crippen LogP contribution in [0.2, 0.25) is 0 Å². The molecule has 1 unspecified atom stereocenters. The molecule has 0 fully saturated rings. The lowest BCUT2D eigenvalue weighted by Crippen LogP contribution is -2.40. The van der Waals surface area contributed by atoms with E-state index in [0.29, 0.717) is 61.0 Å². The number of nitrogens with one attached hydrogen (secondary N) is 1. The van der Waals surface area contributed by atoms with Crippen LogP contribution in [-0.2, 0) is 13.5 Å². The zero-order valence-electron chi connectivity index (χ0n) is 21.9. The fourth-order valence-corrected chi connectivity index (χ4v) is 5.13. The Morgan fingerprint density at radius 2 is 1.95 bits per heavy atom. The van der Waals surface area contributed by atoms with Gasteiger partial charge in [0.25, 0.3) is 11.8 Å². The van der Waals surface area contributed by atoms with Crippen LogP contribution in [-0.4, -0.2) is 51.2 Å². The van der Waals surface area contributed by atoms with E-state index in [4.69, 9.17) is 9.47 Å². The lowest BCUT2D eigenvalue weighted by molar-refractivity contribution is 0.0687. The number of aromatic nitrogens is 3. The second-order valence-corrected chi connectivity index (χ2v) is 9.85. The number of rotatable bonds is 1. The molecule has 2 aromatic carbocycles. The Balaban J connectivity index is 1.43. The Hall–Kier alpha value is -4.66. The summed E-state index contributed by atoms with van der Waals surface area (Å²) < 4.78 is 13.9. The summed E-state index contributed by atoms with van der Waals surface area (Å²) in [6.45, 7) is 3.36. The van der Waals surface area contributed by atoms with Crippen molar-refractivity contribution in [2.45, 2.75) is 25.8 Å². The molecular formula is C30H29N5O4. The third kappa shape index (κ3) is 4.95. The zero-order valence-corrected chi connectivity index (χ0v) is 21.9. The molecule has 9 heteroatoms. The van der Waals surface area contributed by atoms with E-state index in [1.807, 2.05) is 67.4 Å². The van der Waals surface area contributed by atoms with Crippen LogP contribution in [0.3, 0.4) is 0 Å². The third-order valence-corrected chi connectivity index (χ3v) is 7.20.